The number of rotatable bonds is 5. The number of carbonyl (C=O) groups excluding carboxylic acids is 2. The number of allylic oxidation sites excluding steroid dienone is 1. The molecule has 1 fully saturated rings. The number of fused-ring (bicyclic) bond motifs is 2. The van der Waals surface area contributed by atoms with Crippen LogP contribution in [0.1, 0.15) is 34.3 Å². The highest BCUT2D eigenvalue weighted by Crippen LogP contribution is 2.30. The van der Waals surface area contributed by atoms with Crippen molar-refractivity contribution in [3.05, 3.63) is 83.6 Å². The van der Waals surface area contributed by atoms with Crippen LogP contribution in [0.15, 0.2) is 66.9 Å². The molecule has 0 spiro atoms. The largest absolute Gasteiger partial charge is 0.497 e. The topological polar surface area (TPSA) is 70.7 Å². The lowest BCUT2D eigenvalue weighted by atomic mass is 10.0. The number of nitrogens with zero attached hydrogens (tertiary/aromatic N) is 1. The van der Waals surface area contributed by atoms with E-state index in [1.807, 2.05) is 30.3 Å². The normalized spacial score (nSPS) is 18.0. The molecule has 6 nitrogen and oxygen atoms in total. The van der Waals surface area contributed by atoms with Crippen LogP contribution in [0.4, 0.5) is 5.69 Å². The van der Waals surface area contributed by atoms with Gasteiger partial charge in [0, 0.05) is 30.0 Å². The fraction of sp³-hybridized carbons (Fsp3) is 0.231. The molecule has 1 atom stereocenters. The first kappa shape index (κ1) is 20.1. The average molecular weight is 428 g/mol. The van der Waals surface area contributed by atoms with Gasteiger partial charge in [-0.1, -0.05) is 24.8 Å². The van der Waals surface area contributed by atoms with Gasteiger partial charge in [-0.05, 0) is 71.1 Å². The van der Waals surface area contributed by atoms with Gasteiger partial charge in [-0.15, -0.1) is 0 Å². The lowest BCUT2D eigenvalue weighted by Crippen LogP contribution is -2.49. The molecule has 3 aromatic carbocycles. The quantitative estimate of drug-likeness (QED) is 0.640. The van der Waals surface area contributed by atoms with E-state index in [0.717, 1.165) is 28.0 Å². The molecule has 0 saturated carbocycles. The van der Waals surface area contributed by atoms with E-state index >= 15 is 0 Å². The molecule has 1 saturated heterocycles. The molecule has 2 N–H and O–H groups in total. The molecule has 0 bridgehead atoms. The SMILES string of the molecule is C=C1CCC(N2Cc3cc(NCc4ccc5ccc(OC)cc5c4)ccc3C2=O)C(=O)N1. The van der Waals surface area contributed by atoms with Crippen molar-refractivity contribution < 1.29 is 14.3 Å². The third-order valence-electron chi connectivity index (χ3n) is 6.24. The summed E-state index contributed by atoms with van der Waals surface area (Å²) in [6.07, 6.45) is 1.31. The first-order valence-corrected chi connectivity index (χ1v) is 10.7. The van der Waals surface area contributed by atoms with Crippen molar-refractivity contribution >= 4 is 28.3 Å². The van der Waals surface area contributed by atoms with Crippen LogP contribution in [0.25, 0.3) is 10.8 Å². The van der Waals surface area contributed by atoms with Gasteiger partial charge in [0.1, 0.15) is 11.8 Å². The van der Waals surface area contributed by atoms with Crippen molar-refractivity contribution in [1.82, 2.24) is 10.2 Å². The number of anilines is 1. The van der Waals surface area contributed by atoms with Gasteiger partial charge in [-0.25, -0.2) is 0 Å². The van der Waals surface area contributed by atoms with Crippen LogP contribution in [-0.4, -0.2) is 29.9 Å². The fourth-order valence-electron chi connectivity index (χ4n) is 4.48. The molecule has 2 amide bonds. The second kappa shape index (κ2) is 8.04. The van der Waals surface area contributed by atoms with Crippen molar-refractivity contribution in [3.8, 4) is 5.75 Å². The molecule has 0 aliphatic carbocycles. The fourth-order valence-corrected chi connectivity index (χ4v) is 4.48. The first-order chi connectivity index (χ1) is 15.5. The monoisotopic (exact) mass is 427 g/mol. The Balaban J connectivity index is 1.30. The van der Waals surface area contributed by atoms with Gasteiger partial charge in [0.2, 0.25) is 5.91 Å². The number of ether oxygens (including phenoxy) is 1. The lowest BCUT2D eigenvalue weighted by Gasteiger charge is -2.30. The van der Waals surface area contributed by atoms with Gasteiger partial charge < -0.3 is 20.3 Å². The summed E-state index contributed by atoms with van der Waals surface area (Å²) in [7, 11) is 1.67. The number of benzene rings is 3. The average Bonchev–Trinajstić information content (AvgIpc) is 3.12. The van der Waals surface area contributed by atoms with E-state index in [-0.39, 0.29) is 11.8 Å². The molecule has 2 aliphatic heterocycles. The van der Waals surface area contributed by atoms with Crippen molar-refractivity contribution in [2.45, 2.75) is 32.0 Å². The minimum Gasteiger partial charge on any atom is -0.497 e. The van der Waals surface area contributed by atoms with Gasteiger partial charge >= 0.3 is 0 Å². The van der Waals surface area contributed by atoms with E-state index in [9.17, 15) is 9.59 Å². The third kappa shape index (κ3) is 3.68. The van der Waals surface area contributed by atoms with E-state index in [0.29, 0.717) is 37.2 Å². The Hall–Kier alpha value is -3.80. The number of carbonyl (C=O) groups is 2. The number of methoxy groups -OCH3 is 1. The van der Waals surface area contributed by atoms with Crippen molar-refractivity contribution in [2.24, 2.45) is 0 Å². The standard InChI is InChI=1S/C26H25N3O3/c1-16-3-10-24(25(30)28-16)29-15-20-12-21(7-9-23(20)26(29)31)27-14-17-4-5-18-6-8-22(32-2)13-19(18)11-17/h4-9,11-13,24,27H,1,3,10,14-15H2,2H3,(H,28,30). The van der Waals surface area contributed by atoms with Gasteiger partial charge in [-0.2, -0.15) is 0 Å². The van der Waals surface area contributed by atoms with Gasteiger partial charge in [-0.3, -0.25) is 9.59 Å². The summed E-state index contributed by atoms with van der Waals surface area (Å²) >= 11 is 0. The van der Waals surface area contributed by atoms with Crippen LogP contribution in [0.3, 0.4) is 0 Å². The molecule has 32 heavy (non-hydrogen) atoms. The van der Waals surface area contributed by atoms with Crippen molar-refractivity contribution in [3.63, 3.8) is 0 Å². The van der Waals surface area contributed by atoms with Crippen molar-refractivity contribution in [1.29, 1.82) is 0 Å². The van der Waals surface area contributed by atoms with Crippen LogP contribution in [-0.2, 0) is 17.9 Å². The Kier molecular flexibility index (Phi) is 5.05. The highest BCUT2D eigenvalue weighted by Gasteiger charge is 2.38. The lowest BCUT2D eigenvalue weighted by molar-refractivity contribution is -0.126. The van der Waals surface area contributed by atoms with E-state index in [1.165, 1.54) is 5.39 Å². The summed E-state index contributed by atoms with van der Waals surface area (Å²) in [6, 6.07) is 17.8. The molecule has 3 aromatic rings. The highest BCUT2D eigenvalue weighted by atomic mass is 16.5. The summed E-state index contributed by atoms with van der Waals surface area (Å²) in [4.78, 5) is 26.9. The maximum atomic E-state index is 12.9. The summed E-state index contributed by atoms with van der Waals surface area (Å²) < 4.78 is 5.33. The molecule has 6 heteroatoms. The summed E-state index contributed by atoms with van der Waals surface area (Å²) in [5.74, 6) is 0.614. The van der Waals surface area contributed by atoms with E-state index in [4.69, 9.17) is 4.74 Å². The molecule has 162 valence electrons. The first-order valence-electron chi connectivity index (χ1n) is 10.7. The number of piperidine rings is 1. The molecular formula is C26H25N3O3. The number of nitrogens with one attached hydrogen (secondary N) is 2. The Labute approximate surface area is 186 Å². The molecule has 2 heterocycles. The molecule has 5 rings (SSSR count). The van der Waals surface area contributed by atoms with E-state index < -0.39 is 6.04 Å². The Morgan fingerprint density at radius 1 is 1.09 bits per heavy atom. The maximum absolute atomic E-state index is 12.9. The van der Waals surface area contributed by atoms with Crippen LogP contribution in [0.5, 0.6) is 5.75 Å². The van der Waals surface area contributed by atoms with Crippen LogP contribution in [0.2, 0.25) is 0 Å². The second-order valence-electron chi connectivity index (χ2n) is 8.35. The Bertz CT molecular complexity index is 1250. The molecule has 1 unspecified atom stereocenters. The zero-order chi connectivity index (χ0) is 22.2. The zero-order valence-electron chi connectivity index (χ0n) is 18.0. The predicted molar refractivity (Wildman–Crippen MR) is 124 cm³/mol. The molecule has 0 aromatic heterocycles. The van der Waals surface area contributed by atoms with Crippen molar-refractivity contribution in [2.75, 3.05) is 12.4 Å². The summed E-state index contributed by atoms with van der Waals surface area (Å²) in [6.45, 7) is 4.93. The predicted octanol–water partition coefficient (Wildman–Crippen LogP) is 4.21. The zero-order valence-corrected chi connectivity index (χ0v) is 18.0. The maximum Gasteiger partial charge on any atom is 0.255 e. The van der Waals surface area contributed by atoms with Gasteiger partial charge in [0.05, 0.1) is 7.11 Å². The minimum atomic E-state index is -0.439. The third-order valence-corrected chi connectivity index (χ3v) is 6.24. The van der Waals surface area contributed by atoms with E-state index in [1.54, 1.807) is 12.0 Å². The van der Waals surface area contributed by atoms with Crippen LogP contribution >= 0.6 is 0 Å². The van der Waals surface area contributed by atoms with E-state index in [2.05, 4.69) is 41.5 Å². The van der Waals surface area contributed by atoms with Crippen LogP contribution in [0, 0.1) is 0 Å². The second-order valence-corrected chi connectivity index (χ2v) is 8.35. The van der Waals surface area contributed by atoms with Crippen LogP contribution < -0.4 is 15.4 Å². The number of hydrogen-bond acceptors (Lipinski definition) is 4. The number of hydrogen-bond donors (Lipinski definition) is 2. The minimum absolute atomic E-state index is 0.0808. The van der Waals surface area contributed by atoms with Gasteiger partial charge in [0.25, 0.3) is 5.91 Å². The molecule has 2 aliphatic rings. The Morgan fingerprint density at radius 2 is 1.94 bits per heavy atom. The Morgan fingerprint density at radius 3 is 2.75 bits per heavy atom. The van der Waals surface area contributed by atoms with Gasteiger partial charge in [0.15, 0.2) is 0 Å². The highest BCUT2D eigenvalue weighted by molar-refractivity contribution is 6.01. The molecule has 0 radical (unpaired) electrons. The smallest absolute Gasteiger partial charge is 0.255 e. The summed E-state index contributed by atoms with van der Waals surface area (Å²) in [5.41, 5.74) is 4.44. The summed E-state index contributed by atoms with van der Waals surface area (Å²) in [5, 5.41) is 8.53. The number of amides is 2. The molecular weight excluding hydrogens is 402 g/mol.